The molecule has 0 radical (unpaired) electrons. The highest BCUT2D eigenvalue weighted by Gasteiger charge is 2.16. The Morgan fingerprint density at radius 3 is 2.72 bits per heavy atom. The van der Waals surface area contributed by atoms with Crippen molar-refractivity contribution in [3.63, 3.8) is 0 Å². The van der Waals surface area contributed by atoms with Crippen molar-refractivity contribution in [3.8, 4) is 0 Å². The molecule has 1 atom stereocenters. The van der Waals surface area contributed by atoms with Crippen LogP contribution in [0, 0.1) is 11.6 Å². The third-order valence-electron chi connectivity index (χ3n) is 2.55. The average Bonchev–Trinajstić information content (AvgIpc) is 2.61. The molecule has 4 N–H and O–H groups in total. The van der Waals surface area contributed by atoms with Gasteiger partial charge in [-0.15, -0.1) is 12.4 Å². The van der Waals surface area contributed by atoms with E-state index in [0.29, 0.717) is 10.9 Å². The van der Waals surface area contributed by atoms with E-state index < -0.39 is 23.6 Å². The maximum Gasteiger partial charge on any atom is 0.320 e. The third-order valence-corrected chi connectivity index (χ3v) is 2.55. The summed E-state index contributed by atoms with van der Waals surface area (Å²) in [6.07, 6.45) is 1.45. The third kappa shape index (κ3) is 2.60. The normalized spacial score (nSPS) is 12.2. The predicted molar refractivity (Wildman–Crippen MR) is 64.8 cm³/mol. The molecule has 0 aliphatic heterocycles. The summed E-state index contributed by atoms with van der Waals surface area (Å²) in [5, 5.41) is 9.00. The number of H-pyrrole nitrogens is 1. The minimum Gasteiger partial charge on any atom is -0.480 e. The molecule has 4 nitrogen and oxygen atoms in total. The molecule has 1 aromatic heterocycles. The first-order valence-electron chi connectivity index (χ1n) is 4.92. The van der Waals surface area contributed by atoms with Crippen molar-refractivity contribution >= 4 is 29.3 Å². The summed E-state index contributed by atoms with van der Waals surface area (Å²) >= 11 is 0. The van der Waals surface area contributed by atoms with E-state index in [9.17, 15) is 13.6 Å². The number of nitrogens with two attached hydrogens (primary N) is 1. The standard InChI is InChI=1S/C11H10F2N2O2.ClH/c12-6-2-7-5(1-9(14)11(16)17)4-15-10(7)8(13)3-6;/h2-4,9,15H,1,14H2,(H,16,17);1H. The van der Waals surface area contributed by atoms with Crippen molar-refractivity contribution in [3.05, 3.63) is 35.5 Å². The molecule has 7 heteroatoms. The number of fused-ring (bicyclic) bond motifs is 1. The van der Waals surface area contributed by atoms with E-state index in [-0.39, 0.29) is 24.3 Å². The lowest BCUT2D eigenvalue weighted by Gasteiger charge is -2.04. The quantitative estimate of drug-likeness (QED) is 0.800. The van der Waals surface area contributed by atoms with Crippen molar-refractivity contribution in [1.82, 2.24) is 4.98 Å². The molecular weight excluding hydrogens is 266 g/mol. The van der Waals surface area contributed by atoms with Gasteiger partial charge in [0, 0.05) is 24.1 Å². The van der Waals surface area contributed by atoms with Crippen molar-refractivity contribution in [2.45, 2.75) is 12.5 Å². The molecule has 0 aliphatic rings. The summed E-state index contributed by atoms with van der Waals surface area (Å²) in [4.78, 5) is 13.2. The van der Waals surface area contributed by atoms with Crippen LogP contribution in [0.1, 0.15) is 5.56 Å². The van der Waals surface area contributed by atoms with E-state index in [0.717, 1.165) is 12.1 Å². The SMILES string of the molecule is Cl.NC(Cc1c[nH]c2c(F)cc(F)cc12)C(=O)O. The van der Waals surface area contributed by atoms with Crippen molar-refractivity contribution in [2.75, 3.05) is 0 Å². The summed E-state index contributed by atoms with van der Waals surface area (Å²) in [6, 6.07) is 0.818. The number of aromatic amines is 1. The Morgan fingerprint density at radius 2 is 2.11 bits per heavy atom. The second-order valence-corrected chi connectivity index (χ2v) is 3.77. The van der Waals surface area contributed by atoms with Crippen LogP contribution in [0.5, 0.6) is 0 Å². The topological polar surface area (TPSA) is 79.1 Å². The number of benzene rings is 1. The predicted octanol–water partition coefficient (Wildman–Crippen LogP) is 1.82. The number of hydrogen-bond donors (Lipinski definition) is 3. The summed E-state index contributed by atoms with van der Waals surface area (Å²) in [5.74, 6) is -2.58. The molecule has 0 spiro atoms. The van der Waals surface area contributed by atoms with Gasteiger partial charge in [0.25, 0.3) is 0 Å². The fourth-order valence-corrected chi connectivity index (χ4v) is 1.70. The lowest BCUT2D eigenvalue weighted by atomic mass is 10.1. The lowest BCUT2D eigenvalue weighted by molar-refractivity contribution is -0.138. The van der Waals surface area contributed by atoms with E-state index in [1.165, 1.54) is 6.20 Å². The van der Waals surface area contributed by atoms with Gasteiger partial charge in [-0.3, -0.25) is 4.79 Å². The first-order chi connectivity index (χ1) is 7.99. The molecule has 1 heterocycles. The van der Waals surface area contributed by atoms with Gasteiger partial charge in [0.05, 0.1) is 5.52 Å². The largest absolute Gasteiger partial charge is 0.480 e. The van der Waals surface area contributed by atoms with Crippen LogP contribution in [-0.2, 0) is 11.2 Å². The number of carboxylic acid groups (broad SMARTS) is 1. The minimum absolute atomic E-state index is 0. The Balaban J connectivity index is 0.00000162. The van der Waals surface area contributed by atoms with Gasteiger partial charge in [-0.1, -0.05) is 0 Å². The Kier molecular flexibility index (Phi) is 4.26. The van der Waals surface area contributed by atoms with Crippen LogP contribution in [0.4, 0.5) is 8.78 Å². The fourth-order valence-electron chi connectivity index (χ4n) is 1.70. The highest BCUT2D eigenvalue weighted by molar-refractivity contribution is 5.85. The van der Waals surface area contributed by atoms with Crippen LogP contribution in [0.3, 0.4) is 0 Å². The second kappa shape index (κ2) is 5.32. The first kappa shape index (κ1) is 14.4. The van der Waals surface area contributed by atoms with Gasteiger partial charge in [0.15, 0.2) is 0 Å². The highest BCUT2D eigenvalue weighted by Crippen LogP contribution is 2.23. The minimum atomic E-state index is -1.16. The molecule has 1 unspecified atom stereocenters. The molecular formula is C11H11ClF2N2O2. The van der Waals surface area contributed by atoms with Gasteiger partial charge in [-0.2, -0.15) is 0 Å². The summed E-state index contributed by atoms with van der Waals surface area (Å²) in [7, 11) is 0. The molecule has 1 aromatic carbocycles. The maximum absolute atomic E-state index is 13.3. The molecule has 0 fully saturated rings. The Morgan fingerprint density at radius 1 is 1.44 bits per heavy atom. The van der Waals surface area contributed by atoms with E-state index in [4.69, 9.17) is 10.8 Å². The summed E-state index contributed by atoms with van der Waals surface area (Å²) < 4.78 is 26.4. The van der Waals surface area contributed by atoms with Crippen molar-refractivity contribution < 1.29 is 18.7 Å². The molecule has 98 valence electrons. The first-order valence-corrected chi connectivity index (χ1v) is 4.92. The molecule has 18 heavy (non-hydrogen) atoms. The number of carboxylic acids is 1. The zero-order valence-corrected chi connectivity index (χ0v) is 9.93. The van der Waals surface area contributed by atoms with E-state index >= 15 is 0 Å². The monoisotopic (exact) mass is 276 g/mol. The molecule has 0 amide bonds. The number of rotatable bonds is 3. The highest BCUT2D eigenvalue weighted by atomic mass is 35.5. The van der Waals surface area contributed by atoms with Crippen molar-refractivity contribution in [2.24, 2.45) is 5.73 Å². The van der Waals surface area contributed by atoms with Crippen LogP contribution < -0.4 is 5.73 Å². The van der Waals surface area contributed by atoms with Crippen LogP contribution >= 0.6 is 12.4 Å². The molecule has 0 saturated carbocycles. The van der Waals surface area contributed by atoms with Crippen LogP contribution in [-0.4, -0.2) is 22.1 Å². The smallest absolute Gasteiger partial charge is 0.320 e. The Bertz CT molecular complexity index is 586. The fraction of sp³-hybridized carbons (Fsp3) is 0.182. The summed E-state index contributed by atoms with van der Waals surface area (Å²) in [5.41, 5.74) is 6.01. The second-order valence-electron chi connectivity index (χ2n) is 3.77. The summed E-state index contributed by atoms with van der Waals surface area (Å²) in [6.45, 7) is 0. The van der Waals surface area contributed by atoms with Gasteiger partial charge in [0.2, 0.25) is 0 Å². The van der Waals surface area contributed by atoms with E-state index in [1.54, 1.807) is 0 Å². The van der Waals surface area contributed by atoms with Crippen LogP contribution in [0.15, 0.2) is 18.3 Å². The number of halogens is 3. The maximum atomic E-state index is 13.3. The molecule has 0 saturated heterocycles. The van der Waals surface area contributed by atoms with E-state index in [1.807, 2.05) is 0 Å². The number of nitrogens with one attached hydrogen (secondary N) is 1. The average molecular weight is 277 g/mol. The van der Waals surface area contributed by atoms with Gasteiger partial charge in [-0.05, 0) is 11.6 Å². The van der Waals surface area contributed by atoms with Gasteiger partial charge in [-0.25, -0.2) is 8.78 Å². The number of aromatic nitrogens is 1. The Hall–Kier alpha value is -1.66. The van der Waals surface area contributed by atoms with Gasteiger partial charge < -0.3 is 15.8 Å². The zero-order chi connectivity index (χ0) is 12.6. The Labute approximate surface area is 107 Å². The van der Waals surface area contributed by atoms with Crippen LogP contribution in [0.2, 0.25) is 0 Å². The lowest BCUT2D eigenvalue weighted by Crippen LogP contribution is -2.32. The molecule has 2 rings (SSSR count). The van der Waals surface area contributed by atoms with Gasteiger partial charge in [0.1, 0.15) is 17.7 Å². The number of aliphatic carboxylic acids is 1. The molecule has 0 aliphatic carbocycles. The zero-order valence-electron chi connectivity index (χ0n) is 9.11. The van der Waals surface area contributed by atoms with E-state index in [2.05, 4.69) is 4.98 Å². The molecule has 2 aromatic rings. The number of carbonyl (C=O) groups is 1. The molecule has 0 bridgehead atoms. The number of hydrogen-bond acceptors (Lipinski definition) is 2. The van der Waals surface area contributed by atoms with Crippen LogP contribution in [0.25, 0.3) is 10.9 Å². The van der Waals surface area contributed by atoms with Crippen molar-refractivity contribution in [1.29, 1.82) is 0 Å². The van der Waals surface area contributed by atoms with Gasteiger partial charge >= 0.3 is 5.97 Å².